The summed E-state index contributed by atoms with van der Waals surface area (Å²) < 4.78 is 20.7. The number of halogens is 1. The summed E-state index contributed by atoms with van der Waals surface area (Å²) in [7, 11) is -2.31. The van der Waals surface area contributed by atoms with E-state index in [1.807, 2.05) is 19.9 Å². The first-order valence-corrected chi connectivity index (χ1v) is 12.2. The maximum atomic E-state index is 14.4. The van der Waals surface area contributed by atoms with Crippen LogP contribution in [0.5, 0.6) is 0 Å². The van der Waals surface area contributed by atoms with Gasteiger partial charge in [0.15, 0.2) is 0 Å². The summed E-state index contributed by atoms with van der Waals surface area (Å²) in [5, 5.41) is 4.49. The van der Waals surface area contributed by atoms with Crippen molar-refractivity contribution in [1.29, 1.82) is 0 Å². The van der Waals surface area contributed by atoms with Gasteiger partial charge in [-0.3, -0.25) is 9.36 Å². The number of aryl methyl sites for hydroxylation is 2. The number of hydrogen-bond acceptors (Lipinski definition) is 4. The van der Waals surface area contributed by atoms with E-state index in [1.54, 1.807) is 30.3 Å². The van der Waals surface area contributed by atoms with Gasteiger partial charge in [-0.05, 0) is 44.2 Å². The number of nitrogens with zero attached hydrogens (tertiary/aromatic N) is 1. The summed E-state index contributed by atoms with van der Waals surface area (Å²) in [6.07, 6.45) is 4.11. The van der Waals surface area contributed by atoms with Gasteiger partial charge in [-0.15, -0.1) is 0 Å². The van der Waals surface area contributed by atoms with Crippen molar-refractivity contribution in [2.75, 3.05) is 7.11 Å². The zero-order chi connectivity index (χ0) is 23.8. The number of rotatable bonds is 6. The Morgan fingerprint density at radius 2 is 1.91 bits per heavy atom. The molecule has 170 valence electrons. The van der Waals surface area contributed by atoms with Crippen LogP contribution < -0.4 is 20.4 Å². The molecule has 0 aliphatic heterocycles. The summed E-state index contributed by atoms with van der Waals surface area (Å²) in [5.74, 6) is -0.492. The molecule has 0 bridgehead atoms. The number of amides is 1. The van der Waals surface area contributed by atoms with Gasteiger partial charge in [0.05, 0.1) is 22.5 Å². The number of H-pyrrole nitrogens is 2. The zero-order valence-electron chi connectivity index (χ0n) is 18.3. The van der Waals surface area contributed by atoms with E-state index >= 15 is 0 Å². The Balaban J connectivity index is 1.86. The van der Waals surface area contributed by atoms with E-state index in [2.05, 4.69) is 15.3 Å². The van der Waals surface area contributed by atoms with E-state index in [0.29, 0.717) is 31.4 Å². The van der Waals surface area contributed by atoms with Crippen molar-refractivity contribution in [1.82, 2.24) is 15.3 Å². The average Bonchev–Trinajstić information content (AvgIpc) is 3.15. The molecule has 0 radical (unpaired) electrons. The fraction of sp³-hybridized carbons (Fsp3) is 0.174. The minimum atomic E-state index is -3.68. The molecule has 0 spiro atoms. The number of benzene rings is 2. The van der Waals surface area contributed by atoms with Crippen LogP contribution in [0.4, 0.5) is 0 Å². The van der Waals surface area contributed by atoms with Crippen molar-refractivity contribution in [2.24, 2.45) is 0 Å². The molecule has 1 atom stereocenters. The number of aromatic nitrogens is 3. The maximum absolute atomic E-state index is 14.4. The maximum Gasteiger partial charge on any atom is 0.268 e. The molecule has 1 amide bonds. The Kier molecular flexibility index (Phi) is 6.26. The highest BCUT2D eigenvalue weighted by Gasteiger charge is 2.36. The summed E-state index contributed by atoms with van der Waals surface area (Å²) in [5.41, 5.74) is 3.08. The summed E-state index contributed by atoms with van der Waals surface area (Å²) in [6.45, 7) is 3.89. The molecule has 2 heterocycles. The van der Waals surface area contributed by atoms with Gasteiger partial charge >= 0.3 is 0 Å². The highest BCUT2D eigenvalue weighted by atomic mass is 35.5. The van der Waals surface area contributed by atoms with Crippen molar-refractivity contribution < 1.29 is 18.3 Å². The van der Waals surface area contributed by atoms with Gasteiger partial charge in [0.25, 0.3) is 13.3 Å². The number of carbonyl (C=O) groups is 1. The van der Waals surface area contributed by atoms with Gasteiger partial charge in [0.1, 0.15) is 11.4 Å². The number of nitrogens with one attached hydrogen (secondary N) is 3. The quantitative estimate of drug-likeness (QED) is 0.287. The van der Waals surface area contributed by atoms with Crippen LogP contribution in [0.3, 0.4) is 0 Å². The van der Waals surface area contributed by atoms with Crippen molar-refractivity contribution in [2.45, 2.75) is 20.4 Å². The monoisotopic (exact) mass is 485 g/mol. The second kappa shape index (κ2) is 8.98. The van der Waals surface area contributed by atoms with Gasteiger partial charge in [0.2, 0.25) is 12.4 Å². The second-order valence-corrected chi connectivity index (χ2v) is 10.6. The third-order valence-electron chi connectivity index (χ3n) is 5.27. The van der Waals surface area contributed by atoms with Crippen LogP contribution in [0.15, 0.2) is 55.0 Å². The number of fused-ring (bicyclic) bond motifs is 1. The molecule has 1 unspecified atom stereocenters. The first kappa shape index (κ1) is 23.0. The van der Waals surface area contributed by atoms with Crippen LogP contribution >= 0.6 is 19.0 Å². The van der Waals surface area contributed by atoms with Crippen LogP contribution in [0.25, 0.3) is 10.9 Å². The van der Waals surface area contributed by atoms with Gasteiger partial charge in [0, 0.05) is 33.2 Å². The number of carbonyl (C=O) groups excluding carboxylic acids is 1. The standard InChI is InChI=1S/C23H22ClN4O4P/c1-14-8-15(2)10-18(9-14)33(31,32-3)22-19-11-16(24)4-5-20(19)27-21(22)23(29)26-12-17-13-28(30)7-6-25-17/h4-11,13H,12H2,1-3H3,(H2-,25,26,27,29,30,31)/p+1. The highest BCUT2D eigenvalue weighted by Crippen LogP contribution is 2.47. The normalized spacial score (nSPS) is 13.1. The smallest absolute Gasteiger partial charge is 0.268 e. The predicted octanol–water partition coefficient (Wildman–Crippen LogP) is 3.49. The summed E-state index contributed by atoms with van der Waals surface area (Å²) >= 11 is 6.24. The molecule has 2 aromatic carbocycles. The highest BCUT2D eigenvalue weighted by molar-refractivity contribution is 7.75. The van der Waals surface area contributed by atoms with Crippen LogP contribution in [-0.4, -0.2) is 23.0 Å². The second-order valence-electron chi connectivity index (χ2n) is 7.78. The lowest BCUT2D eigenvalue weighted by Gasteiger charge is -2.19. The first-order chi connectivity index (χ1) is 15.7. The van der Waals surface area contributed by atoms with Crippen LogP contribution in [0.1, 0.15) is 27.3 Å². The van der Waals surface area contributed by atoms with E-state index < -0.39 is 13.3 Å². The first-order valence-electron chi connectivity index (χ1n) is 10.2. The van der Waals surface area contributed by atoms with Gasteiger partial charge < -0.3 is 19.8 Å². The lowest BCUT2D eigenvalue weighted by atomic mass is 10.2. The topological polar surface area (TPSA) is 110 Å². The van der Waals surface area contributed by atoms with Crippen LogP contribution in [0.2, 0.25) is 5.02 Å². The summed E-state index contributed by atoms with van der Waals surface area (Å²) in [6, 6.07) is 10.7. The molecule has 0 aliphatic rings. The van der Waals surface area contributed by atoms with Crippen molar-refractivity contribution in [3.05, 3.63) is 87.4 Å². The Hall–Kier alpha value is -3.19. The molecule has 2 aromatic heterocycles. The molecule has 4 aromatic rings. The van der Waals surface area contributed by atoms with E-state index in [9.17, 15) is 14.3 Å². The molecule has 0 fully saturated rings. The predicted molar refractivity (Wildman–Crippen MR) is 128 cm³/mol. The van der Waals surface area contributed by atoms with Crippen molar-refractivity contribution >= 4 is 46.4 Å². The lowest BCUT2D eigenvalue weighted by Crippen LogP contribution is -2.31. The third-order valence-corrected chi connectivity index (χ3v) is 8.01. The van der Waals surface area contributed by atoms with Gasteiger partial charge in [-0.25, -0.2) is 0 Å². The Labute approximate surface area is 195 Å². The van der Waals surface area contributed by atoms with E-state index in [0.717, 1.165) is 11.1 Å². The largest absolute Gasteiger partial charge is 0.353 e. The number of hydrogen-bond donors (Lipinski definition) is 3. The zero-order valence-corrected chi connectivity index (χ0v) is 20.0. The SMILES string of the molecule is COP(=O)(c1cc(C)cc(C)c1)c1c(C(=O)NCc2c[n+](=O)cc[nH]2)[nH]c2ccc(Cl)cc12. The minimum Gasteiger partial charge on any atom is -0.353 e. The minimum absolute atomic E-state index is 0.0678. The lowest BCUT2D eigenvalue weighted by molar-refractivity contribution is -0.495. The molecule has 0 saturated carbocycles. The Bertz CT molecular complexity index is 1460. The molecular weight excluding hydrogens is 463 g/mol. The molecule has 10 heteroatoms. The molecule has 33 heavy (non-hydrogen) atoms. The molecule has 3 N–H and O–H groups in total. The van der Waals surface area contributed by atoms with E-state index in [4.69, 9.17) is 16.1 Å². The Morgan fingerprint density at radius 3 is 2.58 bits per heavy atom. The van der Waals surface area contributed by atoms with Gasteiger partial charge in [-0.1, -0.05) is 28.8 Å². The third kappa shape index (κ3) is 4.50. The number of aromatic amines is 2. The molecule has 0 aliphatic carbocycles. The Morgan fingerprint density at radius 1 is 1.18 bits per heavy atom. The molecule has 8 nitrogen and oxygen atoms in total. The average molecular weight is 486 g/mol. The molecule has 0 saturated heterocycles. The summed E-state index contributed by atoms with van der Waals surface area (Å²) in [4.78, 5) is 30.7. The molecular formula is C23H23ClN4O4P+. The van der Waals surface area contributed by atoms with Crippen LogP contribution in [-0.2, 0) is 15.6 Å². The van der Waals surface area contributed by atoms with Crippen molar-refractivity contribution in [3.63, 3.8) is 0 Å². The van der Waals surface area contributed by atoms with E-state index in [1.165, 1.54) is 25.7 Å². The fourth-order valence-electron chi connectivity index (χ4n) is 3.88. The van der Waals surface area contributed by atoms with Crippen LogP contribution in [0, 0.1) is 18.8 Å². The fourth-order valence-corrected chi connectivity index (χ4v) is 6.40. The van der Waals surface area contributed by atoms with Gasteiger partial charge in [-0.2, -0.15) is 0 Å². The molecule has 4 rings (SSSR count). The van der Waals surface area contributed by atoms with E-state index in [-0.39, 0.29) is 17.5 Å². The van der Waals surface area contributed by atoms with Crippen molar-refractivity contribution in [3.8, 4) is 0 Å².